The first-order valence-electron chi connectivity index (χ1n) is 7.12. The Labute approximate surface area is 157 Å². The van der Waals surface area contributed by atoms with Crippen molar-refractivity contribution >= 4 is 45.2 Å². The predicted octanol–water partition coefficient (Wildman–Crippen LogP) is 3.26. The second-order valence-corrected chi connectivity index (χ2v) is 6.39. The van der Waals surface area contributed by atoms with Gasteiger partial charge in [0.15, 0.2) is 6.61 Å². The molecule has 6 nitrogen and oxygen atoms in total. The third-order valence-electron chi connectivity index (χ3n) is 3.08. The van der Waals surface area contributed by atoms with Crippen LogP contribution in [0.25, 0.3) is 0 Å². The zero-order valence-electron chi connectivity index (χ0n) is 12.9. The molecule has 0 aliphatic carbocycles. The van der Waals surface area contributed by atoms with Gasteiger partial charge in [-0.2, -0.15) is 0 Å². The maximum atomic E-state index is 10.7. The number of ether oxygens (including phenoxy) is 1. The average Bonchev–Trinajstić information content (AvgIpc) is 2.55. The lowest BCUT2D eigenvalue weighted by Gasteiger charge is -2.07. The van der Waals surface area contributed by atoms with Gasteiger partial charge >= 0.3 is 11.9 Å². The van der Waals surface area contributed by atoms with Crippen molar-refractivity contribution < 1.29 is 19.7 Å². The van der Waals surface area contributed by atoms with Gasteiger partial charge in [0.1, 0.15) is 17.1 Å². The molecule has 0 bridgehead atoms. The van der Waals surface area contributed by atoms with Gasteiger partial charge in [-0.25, -0.2) is 4.79 Å². The molecule has 8 heteroatoms. The highest BCUT2D eigenvalue weighted by Crippen LogP contribution is 2.24. The van der Waals surface area contributed by atoms with Gasteiger partial charge in [0.05, 0.1) is 0 Å². The molecule has 2 aromatic rings. The molecule has 0 amide bonds. The van der Waals surface area contributed by atoms with Gasteiger partial charge in [-0.1, -0.05) is 39.7 Å². The third-order valence-corrected chi connectivity index (χ3v) is 3.82. The molecule has 4 N–H and O–H groups in total. The van der Waals surface area contributed by atoms with E-state index in [0.717, 1.165) is 5.56 Å². The Kier molecular flexibility index (Phi) is 6.55. The average molecular weight is 427 g/mol. The quantitative estimate of drug-likeness (QED) is 0.420. The van der Waals surface area contributed by atoms with Crippen molar-refractivity contribution in [3.05, 3.63) is 63.1 Å². The Hall–Kier alpha value is -2.38. The minimum Gasteiger partial charge on any atom is -0.578 e. The molecule has 0 saturated heterocycles. The van der Waals surface area contributed by atoms with Crippen LogP contribution in [0.4, 0.5) is 0 Å². The molecular formula is C17H15BrClN2O4+. The van der Waals surface area contributed by atoms with Crippen LogP contribution >= 0.6 is 27.5 Å². The van der Waals surface area contributed by atoms with E-state index >= 15 is 0 Å². The Morgan fingerprint density at radius 2 is 1.96 bits per heavy atom. The first-order valence-corrected chi connectivity index (χ1v) is 8.29. The van der Waals surface area contributed by atoms with Crippen LogP contribution in [-0.4, -0.2) is 34.5 Å². The van der Waals surface area contributed by atoms with E-state index < -0.39 is 12.6 Å². The highest BCUT2D eigenvalue weighted by molar-refractivity contribution is 9.10. The molecule has 0 heterocycles. The van der Waals surface area contributed by atoms with Crippen molar-refractivity contribution in [2.75, 3.05) is 6.61 Å². The highest BCUT2D eigenvalue weighted by atomic mass is 79.9. The van der Waals surface area contributed by atoms with Crippen molar-refractivity contribution in [3.8, 4) is 5.75 Å². The summed E-state index contributed by atoms with van der Waals surface area (Å²) in [5.41, 5.74) is 1.15. The van der Waals surface area contributed by atoms with Crippen LogP contribution in [0.2, 0.25) is 5.02 Å². The summed E-state index contributed by atoms with van der Waals surface area (Å²) in [7, 11) is 0. The Bertz CT molecular complexity index is 822. The number of carboxylic acid groups (broad SMARTS) is 1. The number of aliphatic imine (C=N–C) groups is 1. The minimum absolute atomic E-state index is 0.00326. The van der Waals surface area contributed by atoms with Crippen molar-refractivity contribution in [1.82, 2.24) is 0 Å². The van der Waals surface area contributed by atoms with E-state index in [1.54, 1.807) is 42.5 Å². The summed E-state index contributed by atoms with van der Waals surface area (Å²) < 4.78 is 5.87. The fourth-order valence-electron chi connectivity index (χ4n) is 1.98. The molecule has 0 atom stereocenters. The number of halogens is 2. The van der Waals surface area contributed by atoms with Crippen LogP contribution in [0.5, 0.6) is 5.75 Å². The maximum absolute atomic E-state index is 10.7. The highest BCUT2D eigenvalue weighted by Gasteiger charge is 2.17. The van der Waals surface area contributed by atoms with E-state index in [1.807, 2.05) is 0 Å². The van der Waals surface area contributed by atoms with Gasteiger partial charge in [-0.3, -0.25) is 5.41 Å². The van der Waals surface area contributed by atoms with Crippen LogP contribution in [-0.2, 0) is 11.2 Å². The number of carboxylic acids is 1. The van der Waals surface area contributed by atoms with Gasteiger partial charge in [-0.15, -0.1) is 4.99 Å². The predicted molar refractivity (Wildman–Crippen MR) is 100 cm³/mol. The molecule has 0 spiro atoms. The van der Waals surface area contributed by atoms with Crippen LogP contribution in [0, 0.1) is 5.41 Å². The molecule has 0 fully saturated rings. The minimum atomic E-state index is -1.12. The smallest absolute Gasteiger partial charge is 0.369 e. The number of benzene rings is 2. The molecule has 2 aromatic carbocycles. The summed E-state index contributed by atoms with van der Waals surface area (Å²) in [6.07, 6.45) is 0.249. The van der Waals surface area contributed by atoms with Crippen LogP contribution < -0.4 is 4.74 Å². The van der Waals surface area contributed by atoms with E-state index in [-0.39, 0.29) is 23.9 Å². The molecular weight excluding hydrogens is 412 g/mol. The lowest BCUT2D eigenvalue weighted by molar-refractivity contribution is -0.139. The number of aliphatic carboxylic acids is 1. The summed E-state index contributed by atoms with van der Waals surface area (Å²) in [5.74, 6) is -1.08. The molecule has 25 heavy (non-hydrogen) atoms. The molecule has 0 radical (unpaired) electrons. The SMILES string of the molecule is N=C(Cc1ccc(Cl)cc1)N=C([OH2+])c1cc(Br)ccc1OCC(=O)O. The lowest BCUT2D eigenvalue weighted by atomic mass is 10.1. The Morgan fingerprint density at radius 1 is 1.28 bits per heavy atom. The summed E-state index contributed by atoms with van der Waals surface area (Å²) in [4.78, 5) is 14.6. The number of hydrogen-bond acceptors (Lipinski definition) is 3. The van der Waals surface area contributed by atoms with Gasteiger partial charge in [0, 0.05) is 15.9 Å². The van der Waals surface area contributed by atoms with Crippen LogP contribution in [0.3, 0.4) is 0 Å². The number of nitrogens with zero attached hydrogens (tertiary/aromatic N) is 1. The first-order chi connectivity index (χ1) is 11.8. The molecule has 0 saturated carbocycles. The Balaban J connectivity index is 2.19. The zero-order valence-corrected chi connectivity index (χ0v) is 15.3. The monoisotopic (exact) mass is 425 g/mol. The van der Waals surface area contributed by atoms with Crippen molar-refractivity contribution in [1.29, 1.82) is 5.41 Å². The van der Waals surface area contributed by atoms with E-state index in [4.69, 9.17) is 32.0 Å². The third kappa shape index (κ3) is 5.88. The number of nitrogens with one attached hydrogen (secondary N) is 1. The topological polar surface area (TPSA) is 106 Å². The zero-order chi connectivity index (χ0) is 18.4. The fraction of sp³-hybridized carbons (Fsp3) is 0.118. The van der Waals surface area contributed by atoms with E-state index in [0.29, 0.717) is 15.1 Å². The molecule has 2 rings (SSSR count). The Morgan fingerprint density at radius 3 is 2.60 bits per heavy atom. The molecule has 0 unspecified atom stereocenters. The van der Waals surface area contributed by atoms with Gasteiger partial charge in [0.2, 0.25) is 0 Å². The number of rotatable bonds is 6. The second kappa shape index (κ2) is 8.64. The molecule has 0 aliphatic heterocycles. The first kappa shape index (κ1) is 19.0. The molecule has 0 aliphatic rings. The van der Waals surface area contributed by atoms with Gasteiger partial charge in [0.25, 0.3) is 0 Å². The summed E-state index contributed by atoms with van der Waals surface area (Å²) in [6.45, 7) is -0.524. The maximum Gasteiger partial charge on any atom is 0.369 e. The van der Waals surface area contributed by atoms with Crippen LogP contribution in [0.15, 0.2) is 51.9 Å². The number of hydrogen-bond donors (Lipinski definition) is 2. The van der Waals surface area contributed by atoms with E-state index in [1.165, 1.54) is 0 Å². The number of amidine groups is 1. The van der Waals surface area contributed by atoms with E-state index in [9.17, 15) is 4.79 Å². The summed E-state index contributed by atoms with van der Waals surface area (Å²) in [5, 5.41) is 25.4. The van der Waals surface area contributed by atoms with Crippen molar-refractivity contribution in [3.63, 3.8) is 0 Å². The van der Waals surface area contributed by atoms with Crippen molar-refractivity contribution in [2.24, 2.45) is 4.99 Å². The summed E-state index contributed by atoms with van der Waals surface area (Å²) in [6, 6.07) is 11.8. The summed E-state index contributed by atoms with van der Waals surface area (Å²) >= 11 is 9.12. The number of carbonyl (C=O) groups is 1. The molecule has 130 valence electrons. The standard InChI is InChI=1S/C17H14BrClN2O4/c18-11-3-6-14(25-9-16(22)23)13(8-11)17(24)21-15(20)7-10-1-4-12(19)5-2-10/h1-6,8H,7,9H2,(H,22,23)(H2,20,21,24)/p+1. The van der Waals surface area contributed by atoms with Gasteiger partial charge < -0.3 is 14.9 Å². The lowest BCUT2D eigenvalue weighted by Crippen LogP contribution is -2.13. The second-order valence-electron chi connectivity index (χ2n) is 5.03. The van der Waals surface area contributed by atoms with Crippen LogP contribution in [0.1, 0.15) is 11.1 Å². The van der Waals surface area contributed by atoms with Gasteiger partial charge in [-0.05, 0) is 35.9 Å². The van der Waals surface area contributed by atoms with Crippen molar-refractivity contribution in [2.45, 2.75) is 6.42 Å². The fourth-order valence-corrected chi connectivity index (χ4v) is 2.47. The van der Waals surface area contributed by atoms with E-state index in [2.05, 4.69) is 20.9 Å². The normalized spacial score (nSPS) is 11.2. The largest absolute Gasteiger partial charge is 0.578 e. The molecule has 0 aromatic heterocycles.